The lowest BCUT2D eigenvalue weighted by atomic mass is 10.1. The first kappa shape index (κ1) is 9.93. The van der Waals surface area contributed by atoms with E-state index in [1.807, 2.05) is 10.8 Å². The van der Waals surface area contributed by atoms with Crippen molar-refractivity contribution in [2.75, 3.05) is 0 Å². The van der Waals surface area contributed by atoms with E-state index in [0.29, 0.717) is 6.54 Å². The molecule has 0 aliphatic heterocycles. The van der Waals surface area contributed by atoms with E-state index in [4.69, 9.17) is 5.73 Å². The average Bonchev–Trinajstić information content (AvgIpc) is 2.78. The van der Waals surface area contributed by atoms with Crippen LogP contribution in [0.2, 0.25) is 0 Å². The van der Waals surface area contributed by atoms with Crippen molar-refractivity contribution < 1.29 is 0 Å². The molecule has 0 atom stereocenters. The number of nitrogens with two attached hydrogens (primary N) is 1. The predicted molar refractivity (Wildman–Crippen MR) is 60.8 cm³/mol. The maximum Gasteiger partial charge on any atom is 0.0995 e. The molecular weight excluding hydrogens is 186 g/mol. The summed E-state index contributed by atoms with van der Waals surface area (Å²) in [6.07, 6.45) is 4.82. The van der Waals surface area contributed by atoms with Crippen molar-refractivity contribution in [3.63, 3.8) is 0 Å². The zero-order valence-corrected chi connectivity index (χ0v) is 8.85. The average molecular weight is 201 g/mol. The Bertz CT molecular complexity index is 428. The maximum absolute atomic E-state index is 5.51. The molecule has 3 heteroatoms. The van der Waals surface area contributed by atoms with E-state index in [-0.39, 0.29) is 0 Å². The molecular formula is C12H15N3. The highest BCUT2D eigenvalue weighted by molar-refractivity contribution is 5.35. The van der Waals surface area contributed by atoms with Crippen LogP contribution in [0.5, 0.6) is 0 Å². The molecule has 78 valence electrons. The Hall–Kier alpha value is -1.61. The second-order valence-electron chi connectivity index (χ2n) is 3.50. The number of rotatable bonds is 3. The van der Waals surface area contributed by atoms with Crippen LogP contribution in [0.1, 0.15) is 18.2 Å². The summed E-state index contributed by atoms with van der Waals surface area (Å²) in [5, 5.41) is 0. The van der Waals surface area contributed by atoms with Gasteiger partial charge in [0.25, 0.3) is 0 Å². The van der Waals surface area contributed by atoms with Gasteiger partial charge in [-0.2, -0.15) is 0 Å². The normalized spacial score (nSPS) is 10.5. The summed E-state index contributed by atoms with van der Waals surface area (Å²) in [6, 6.07) is 8.47. The van der Waals surface area contributed by atoms with E-state index in [1.165, 1.54) is 5.56 Å². The third kappa shape index (κ3) is 2.07. The molecule has 0 aliphatic carbocycles. The Morgan fingerprint density at radius 2 is 2.00 bits per heavy atom. The molecule has 2 rings (SSSR count). The van der Waals surface area contributed by atoms with Gasteiger partial charge in [0.1, 0.15) is 0 Å². The summed E-state index contributed by atoms with van der Waals surface area (Å²) in [5.74, 6) is 0. The van der Waals surface area contributed by atoms with Gasteiger partial charge in [0.2, 0.25) is 0 Å². The molecule has 1 heterocycles. The van der Waals surface area contributed by atoms with Gasteiger partial charge in [-0.25, -0.2) is 4.98 Å². The van der Waals surface area contributed by atoms with Gasteiger partial charge >= 0.3 is 0 Å². The second kappa shape index (κ2) is 4.28. The van der Waals surface area contributed by atoms with Crippen molar-refractivity contribution in [3.8, 4) is 5.69 Å². The van der Waals surface area contributed by atoms with Crippen LogP contribution < -0.4 is 5.73 Å². The van der Waals surface area contributed by atoms with Crippen molar-refractivity contribution in [1.29, 1.82) is 0 Å². The fourth-order valence-corrected chi connectivity index (χ4v) is 1.51. The Morgan fingerprint density at radius 3 is 2.53 bits per heavy atom. The third-order valence-electron chi connectivity index (χ3n) is 2.49. The molecule has 0 fully saturated rings. The minimum Gasteiger partial charge on any atom is -0.325 e. The van der Waals surface area contributed by atoms with Gasteiger partial charge in [-0.3, -0.25) is 0 Å². The number of nitrogens with zero attached hydrogens (tertiary/aromatic N) is 2. The molecule has 15 heavy (non-hydrogen) atoms. The topological polar surface area (TPSA) is 43.8 Å². The van der Waals surface area contributed by atoms with Gasteiger partial charge in [0.15, 0.2) is 0 Å². The van der Waals surface area contributed by atoms with E-state index >= 15 is 0 Å². The molecule has 0 saturated carbocycles. The third-order valence-corrected chi connectivity index (χ3v) is 2.49. The number of benzene rings is 1. The van der Waals surface area contributed by atoms with Crippen LogP contribution in [-0.4, -0.2) is 9.55 Å². The monoisotopic (exact) mass is 201 g/mol. The number of imidazole rings is 1. The Morgan fingerprint density at radius 1 is 1.27 bits per heavy atom. The molecule has 0 amide bonds. The first-order valence-corrected chi connectivity index (χ1v) is 5.15. The van der Waals surface area contributed by atoms with Crippen LogP contribution in [-0.2, 0) is 13.0 Å². The molecule has 1 aromatic carbocycles. The molecule has 3 nitrogen and oxygen atoms in total. The van der Waals surface area contributed by atoms with E-state index in [9.17, 15) is 0 Å². The van der Waals surface area contributed by atoms with Crippen LogP contribution in [0.15, 0.2) is 36.8 Å². The van der Waals surface area contributed by atoms with E-state index in [0.717, 1.165) is 17.8 Å². The van der Waals surface area contributed by atoms with Crippen molar-refractivity contribution >= 4 is 0 Å². The Kier molecular flexibility index (Phi) is 2.83. The summed E-state index contributed by atoms with van der Waals surface area (Å²) in [6.45, 7) is 2.64. The van der Waals surface area contributed by atoms with E-state index in [2.05, 4.69) is 36.2 Å². The highest BCUT2D eigenvalue weighted by Gasteiger charge is 1.98. The summed E-state index contributed by atoms with van der Waals surface area (Å²) in [4.78, 5) is 4.19. The molecule has 1 aromatic heterocycles. The number of aromatic nitrogens is 2. The molecule has 0 spiro atoms. The summed E-state index contributed by atoms with van der Waals surface area (Å²) < 4.78 is 1.99. The lowest BCUT2D eigenvalue weighted by Crippen LogP contribution is -1.96. The molecule has 2 N–H and O–H groups in total. The van der Waals surface area contributed by atoms with Gasteiger partial charge in [-0.1, -0.05) is 19.1 Å². The standard InChI is InChI=1S/C12H15N3/c1-2-10-3-5-12(6-4-10)15-8-11(7-13)14-9-15/h3-6,8-9H,2,7,13H2,1H3. The first-order valence-electron chi connectivity index (χ1n) is 5.15. The lowest BCUT2D eigenvalue weighted by Gasteiger charge is -2.02. The molecule has 0 saturated heterocycles. The minimum absolute atomic E-state index is 0.486. The fraction of sp³-hybridized carbons (Fsp3) is 0.250. The lowest BCUT2D eigenvalue weighted by molar-refractivity contribution is 1.01. The zero-order valence-electron chi connectivity index (χ0n) is 8.85. The largest absolute Gasteiger partial charge is 0.325 e. The molecule has 0 bridgehead atoms. The summed E-state index contributed by atoms with van der Waals surface area (Å²) in [7, 11) is 0. The van der Waals surface area contributed by atoms with Gasteiger partial charge < -0.3 is 10.3 Å². The Labute approximate surface area is 89.6 Å². The highest BCUT2D eigenvalue weighted by atomic mass is 15.0. The summed E-state index contributed by atoms with van der Waals surface area (Å²) >= 11 is 0. The van der Waals surface area contributed by atoms with Gasteiger partial charge in [0, 0.05) is 18.4 Å². The smallest absolute Gasteiger partial charge is 0.0995 e. The van der Waals surface area contributed by atoms with Crippen LogP contribution in [0.25, 0.3) is 5.69 Å². The number of aryl methyl sites for hydroxylation is 1. The molecule has 2 aromatic rings. The number of hydrogen-bond donors (Lipinski definition) is 1. The van der Waals surface area contributed by atoms with Crippen molar-refractivity contribution in [3.05, 3.63) is 48.0 Å². The summed E-state index contributed by atoms with van der Waals surface area (Å²) in [5.41, 5.74) is 8.89. The first-order chi connectivity index (χ1) is 7.33. The van der Waals surface area contributed by atoms with Gasteiger partial charge in [-0.05, 0) is 24.1 Å². The minimum atomic E-state index is 0.486. The number of hydrogen-bond acceptors (Lipinski definition) is 2. The Balaban J connectivity index is 2.28. The zero-order chi connectivity index (χ0) is 10.7. The molecule has 0 aliphatic rings. The van der Waals surface area contributed by atoms with Crippen molar-refractivity contribution in [2.45, 2.75) is 19.9 Å². The van der Waals surface area contributed by atoms with Crippen LogP contribution in [0.4, 0.5) is 0 Å². The molecule has 0 unspecified atom stereocenters. The fourth-order valence-electron chi connectivity index (χ4n) is 1.51. The van der Waals surface area contributed by atoms with Crippen LogP contribution in [0.3, 0.4) is 0 Å². The van der Waals surface area contributed by atoms with Crippen molar-refractivity contribution in [1.82, 2.24) is 9.55 Å². The van der Waals surface area contributed by atoms with Gasteiger partial charge in [-0.15, -0.1) is 0 Å². The van der Waals surface area contributed by atoms with Crippen molar-refractivity contribution in [2.24, 2.45) is 5.73 Å². The SMILES string of the molecule is CCc1ccc(-n2cnc(CN)c2)cc1. The highest BCUT2D eigenvalue weighted by Crippen LogP contribution is 2.10. The predicted octanol–water partition coefficient (Wildman–Crippen LogP) is 1.89. The quantitative estimate of drug-likeness (QED) is 0.824. The van der Waals surface area contributed by atoms with E-state index in [1.54, 1.807) is 6.33 Å². The van der Waals surface area contributed by atoms with Crippen LogP contribution >= 0.6 is 0 Å². The van der Waals surface area contributed by atoms with Crippen LogP contribution in [0, 0.1) is 0 Å². The van der Waals surface area contributed by atoms with E-state index < -0.39 is 0 Å². The second-order valence-corrected chi connectivity index (χ2v) is 3.50. The molecule has 0 radical (unpaired) electrons. The maximum atomic E-state index is 5.51. The van der Waals surface area contributed by atoms with Gasteiger partial charge in [0.05, 0.1) is 12.0 Å².